The van der Waals surface area contributed by atoms with Gasteiger partial charge in [0.25, 0.3) is 5.91 Å². The van der Waals surface area contributed by atoms with Crippen molar-refractivity contribution in [2.45, 2.75) is 31.8 Å². The van der Waals surface area contributed by atoms with Gasteiger partial charge < -0.3 is 10.0 Å². The first kappa shape index (κ1) is 16.6. The number of carbonyl (C=O) groups is 3. The molecule has 1 aromatic carbocycles. The Balaban J connectivity index is 1.94. The fourth-order valence-corrected chi connectivity index (χ4v) is 3.57. The number of amides is 2. The molecule has 3 rings (SSSR count). The summed E-state index contributed by atoms with van der Waals surface area (Å²) in [6.45, 7) is 0.210. The molecule has 24 heavy (non-hydrogen) atoms. The molecule has 1 unspecified atom stereocenters. The Kier molecular flexibility index (Phi) is 4.40. The lowest BCUT2D eigenvalue weighted by Gasteiger charge is -2.35. The van der Waals surface area contributed by atoms with Gasteiger partial charge in [0.1, 0.15) is 11.8 Å². The van der Waals surface area contributed by atoms with Crippen molar-refractivity contribution in [3.8, 4) is 0 Å². The minimum atomic E-state index is -1.05. The molecule has 0 saturated heterocycles. The molecule has 1 N–H and O–H groups in total. The highest BCUT2D eigenvalue weighted by Gasteiger charge is 2.37. The molecule has 0 bridgehead atoms. The number of benzene rings is 1. The third kappa shape index (κ3) is 2.93. The Morgan fingerprint density at radius 2 is 2.08 bits per heavy atom. The average molecular weight is 394 g/mol. The number of carboxylic acids is 1. The third-order valence-corrected chi connectivity index (χ3v) is 5.07. The van der Waals surface area contributed by atoms with Crippen LogP contribution in [0.4, 0.5) is 0 Å². The second-order valence-electron chi connectivity index (χ2n) is 5.83. The molecular weight excluding hydrogens is 378 g/mol. The maximum atomic E-state index is 12.8. The molecule has 0 radical (unpaired) electrons. The van der Waals surface area contributed by atoms with Gasteiger partial charge in [0.05, 0.1) is 0 Å². The van der Waals surface area contributed by atoms with Crippen LogP contribution < -0.4 is 0 Å². The molecule has 8 heteroatoms. The third-order valence-electron chi connectivity index (χ3n) is 4.33. The molecule has 0 spiro atoms. The molecule has 2 heterocycles. The number of halogens is 1. The van der Waals surface area contributed by atoms with Crippen molar-refractivity contribution in [3.63, 3.8) is 0 Å². The summed E-state index contributed by atoms with van der Waals surface area (Å²) < 4.78 is 0.846. The van der Waals surface area contributed by atoms with E-state index >= 15 is 0 Å². The zero-order valence-electron chi connectivity index (χ0n) is 13.0. The Morgan fingerprint density at radius 3 is 2.75 bits per heavy atom. The molecule has 1 aromatic rings. The Bertz CT molecular complexity index is 762. The lowest BCUT2D eigenvalue weighted by Crippen LogP contribution is -2.51. The smallest absolute Gasteiger partial charge is 0.326 e. The molecule has 1 atom stereocenters. The van der Waals surface area contributed by atoms with E-state index in [1.165, 1.54) is 11.9 Å². The second kappa shape index (κ2) is 6.35. The van der Waals surface area contributed by atoms with E-state index < -0.39 is 17.9 Å². The first-order chi connectivity index (χ1) is 11.4. The van der Waals surface area contributed by atoms with Crippen molar-refractivity contribution < 1.29 is 19.5 Å². The Hall–Kier alpha value is -2.22. The highest BCUT2D eigenvalue weighted by Crippen LogP contribution is 2.30. The van der Waals surface area contributed by atoms with E-state index in [4.69, 9.17) is 0 Å². The number of fused-ring (bicyclic) bond motifs is 1. The largest absolute Gasteiger partial charge is 0.480 e. The topological polar surface area (TPSA) is 90.3 Å². The van der Waals surface area contributed by atoms with Gasteiger partial charge in [0.2, 0.25) is 5.91 Å². The maximum absolute atomic E-state index is 12.8. The molecular formula is C16H16BrN3O4. The van der Waals surface area contributed by atoms with E-state index in [1.54, 1.807) is 0 Å². The predicted molar refractivity (Wildman–Crippen MR) is 89.3 cm³/mol. The number of hydrazone groups is 1. The molecule has 7 nitrogen and oxygen atoms in total. The predicted octanol–water partition coefficient (Wildman–Crippen LogP) is 1.40. The monoisotopic (exact) mass is 393 g/mol. The van der Waals surface area contributed by atoms with Gasteiger partial charge in [-0.2, -0.15) is 5.10 Å². The molecule has 0 fully saturated rings. The van der Waals surface area contributed by atoms with E-state index in [-0.39, 0.29) is 37.4 Å². The summed E-state index contributed by atoms with van der Waals surface area (Å²) in [7, 11) is 1.49. The van der Waals surface area contributed by atoms with Gasteiger partial charge >= 0.3 is 5.97 Å². The highest BCUT2D eigenvalue weighted by molar-refractivity contribution is 9.10. The number of hydrogen-bond donors (Lipinski definition) is 1. The van der Waals surface area contributed by atoms with Gasteiger partial charge in [0.15, 0.2) is 0 Å². The minimum absolute atomic E-state index is 0.158. The fraction of sp³-hybridized carbons (Fsp3) is 0.375. The fourth-order valence-electron chi connectivity index (χ4n) is 3.00. The van der Waals surface area contributed by atoms with E-state index in [0.29, 0.717) is 0 Å². The number of carbonyl (C=O) groups excluding carboxylic acids is 2. The lowest BCUT2D eigenvalue weighted by atomic mass is 9.93. The maximum Gasteiger partial charge on any atom is 0.326 e. The van der Waals surface area contributed by atoms with Gasteiger partial charge in [-0.1, -0.05) is 28.1 Å². The van der Waals surface area contributed by atoms with Gasteiger partial charge in [-0.3, -0.25) is 9.59 Å². The summed E-state index contributed by atoms with van der Waals surface area (Å²) in [4.78, 5) is 37.3. The zero-order valence-corrected chi connectivity index (χ0v) is 14.6. The van der Waals surface area contributed by atoms with Gasteiger partial charge in [-0.15, -0.1) is 0 Å². The van der Waals surface area contributed by atoms with Crippen LogP contribution in [0.1, 0.15) is 24.0 Å². The van der Waals surface area contributed by atoms with Crippen LogP contribution >= 0.6 is 15.9 Å². The van der Waals surface area contributed by atoms with Crippen molar-refractivity contribution in [1.29, 1.82) is 0 Å². The van der Waals surface area contributed by atoms with Gasteiger partial charge in [-0.25, -0.2) is 9.80 Å². The molecule has 0 aliphatic carbocycles. The Morgan fingerprint density at radius 1 is 1.33 bits per heavy atom. The van der Waals surface area contributed by atoms with Crippen LogP contribution in [0.15, 0.2) is 27.8 Å². The van der Waals surface area contributed by atoms with Crippen molar-refractivity contribution >= 4 is 39.4 Å². The van der Waals surface area contributed by atoms with Crippen LogP contribution in [-0.4, -0.2) is 51.6 Å². The van der Waals surface area contributed by atoms with Crippen LogP contribution in [0.5, 0.6) is 0 Å². The van der Waals surface area contributed by atoms with Crippen molar-refractivity contribution in [1.82, 2.24) is 9.91 Å². The van der Waals surface area contributed by atoms with Crippen LogP contribution in [0, 0.1) is 0 Å². The number of carboxylic acid groups (broad SMARTS) is 1. The average Bonchev–Trinajstić information content (AvgIpc) is 2.56. The van der Waals surface area contributed by atoms with Gasteiger partial charge in [-0.05, 0) is 17.2 Å². The summed E-state index contributed by atoms with van der Waals surface area (Å²) in [5, 5.41) is 14.7. The summed E-state index contributed by atoms with van der Waals surface area (Å²) in [6.07, 6.45) is 0.671. The van der Waals surface area contributed by atoms with Crippen LogP contribution in [-0.2, 0) is 27.3 Å². The number of rotatable bonds is 2. The standard InChI is InChI=1S/C16H16BrN3O4/c1-19-14(21)6-5-12(18-19)15(22)20-8-9-3-2-4-11(17)10(9)7-13(20)16(23)24/h2-4,13H,5-8H2,1H3,(H,23,24). The van der Waals surface area contributed by atoms with Crippen LogP contribution in [0.3, 0.4) is 0 Å². The number of hydrogen-bond acceptors (Lipinski definition) is 4. The normalized spacial score (nSPS) is 20.5. The van der Waals surface area contributed by atoms with Crippen LogP contribution in [0.25, 0.3) is 0 Å². The van der Waals surface area contributed by atoms with Crippen molar-refractivity contribution in [2.24, 2.45) is 5.10 Å². The van der Waals surface area contributed by atoms with Crippen molar-refractivity contribution in [3.05, 3.63) is 33.8 Å². The summed E-state index contributed by atoms with van der Waals surface area (Å²) >= 11 is 3.44. The van der Waals surface area contributed by atoms with E-state index in [9.17, 15) is 19.5 Å². The second-order valence-corrected chi connectivity index (χ2v) is 6.69. The first-order valence-corrected chi connectivity index (χ1v) is 8.32. The molecule has 0 saturated carbocycles. The molecule has 0 aromatic heterocycles. The molecule has 126 valence electrons. The van der Waals surface area contributed by atoms with E-state index in [2.05, 4.69) is 21.0 Å². The van der Waals surface area contributed by atoms with Crippen LogP contribution in [0.2, 0.25) is 0 Å². The molecule has 2 aliphatic rings. The molecule has 2 amide bonds. The SMILES string of the molecule is CN1N=C(C(=O)N2Cc3cccc(Br)c3CC2C(=O)O)CCC1=O. The number of aliphatic carboxylic acids is 1. The van der Waals surface area contributed by atoms with E-state index in [0.717, 1.165) is 20.6 Å². The lowest BCUT2D eigenvalue weighted by molar-refractivity contribution is -0.149. The Labute approximate surface area is 147 Å². The zero-order chi connectivity index (χ0) is 17.4. The summed E-state index contributed by atoms with van der Waals surface area (Å²) in [5.41, 5.74) is 2.05. The van der Waals surface area contributed by atoms with Crippen molar-refractivity contribution in [2.75, 3.05) is 7.05 Å². The first-order valence-electron chi connectivity index (χ1n) is 7.52. The van der Waals surface area contributed by atoms with E-state index in [1.807, 2.05) is 18.2 Å². The van der Waals surface area contributed by atoms with Gasteiger partial charge in [0, 0.05) is 37.3 Å². The highest BCUT2D eigenvalue weighted by atomic mass is 79.9. The quantitative estimate of drug-likeness (QED) is 0.821. The number of nitrogens with zero attached hydrogens (tertiary/aromatic N) is 3. The molecule has 2 aliphatic heterocycles. The summed E-state index contributed by atoms with van der Waals surface area (Å²) in [5.74, 6) is -1.63. The summed E-state index contributed by atoms with van der Waals surface area (Å²) in [6, 6.07) is 4.66. The minimum Gasteiger partial charge on any atom is -0.480 e.